The fourth-order valence-corrected chi connectivity index (χ4v) is 1.69. The molecule has 1 aromatic heterocycles. The van der Waals surface area contributed by atoms with E-state index in [1.165, 1.54) is 7.11 Å². The topological polar surface area (TPSA) is 49.8 Å². The van der Waals surface area contributed by atoms with Crippen LogP contribution in [0.4, 0.5) is 5.69 Å². The van der Waals surface area contributed by atoms with E-state index in [9.17, 15) is 0 Å². The van der Waals surface area contributed by atoms with Gasteiger partial charge in [0.25, 0.3) is 0 Å². The van der Waals surface area contributed by atoms with Crippen LogP contribution in [0.3, 0.4) is 0 Å². The minimum atomic E-state index is 0.569. The Balaban J connectivity index is 2.36. The van der Waals surface area contributed by atoms with Crippen LogP contribution in [0.15, 0.2) is 65.8 Å². The number of hydroxylamine groups is 1. The van der Waals surface area contributed by atoms with Gasteiger partial charge in [0.2, 0.25) is 0 Å². The standard InChI is InChI=1S/C14H16N4O/c1-10-9-18(13-5-7-15-8-6-13)16-14(11(10)2)12(3)17-19-4/h5-9,17H,2-3H2,1,4H3. The summed E-state index contributed by atoms with van der Waals surface area (Å²) in [6.45, 7) is 9.88. The van der Waals surface area contributed by atoms with Gasteiger partial charge in [-0.25, -0.2) is 5.01 Å². The third-order valence-electron chi connectivity index (χ3n) is 2.72. The number of hydrogen-bond acceptors (Lipinski definition) is 5. The van der Waals surface area contributed by atoms with Gasteiger partial charge in [0.15, 0.2) is 0 Å². The molecule has 0 radical (unpaired) electrons. The van der Waals surface area contributed by atoms with Gasteiger partial charge in [-0.2, -0.15) is 5.10 Å². The summed E-state index contributed by atoms with van der Waals surface area (Å²) in [5, 5.41) is 6.27. The lowest BCUT2D eigenvalue weighted by Gasteiger charge is -2.25. The van der Waals surface area contributed by atoms with Crippen LogP contribution >= 0.6 is 0 Å². The van der Waals surface area contributed by atoms with E-state index >= 15 is 0 Å². The fourth-order valence-electron chi connectivity index (χ4n) is 1.69. The third-order valence-corrected chi connectivity index (χ3v) is 2.72. The molecule has 0 fully saturated rings. The molecule has 0 aliphatic carbocycles. The molecule has 2 heterocycles. The molecule has 1 aromatic rings. The predicted molar refractivity (Wildman–Crippen MR) is 76.3 cm³/mol. The molecular formula is C14H16N4O. The first-order chi connectivity index (χ1) is 9.13. The molecule has 5 heteroatoms. The van der Waals surface area contributed by atoms with Crippen molar-refractivity contribution in [3.63, 3.8) is 0 Å². The molecular weight excluding hydrogens is 240 g/mol. The lowest BCUT2D eigenvalue weighted by Crippen LogP contribution is -2.26. The quantitative estimate of drug-likeness (QED) is 0.840. The maximum absolute atomic E-state index is 4.86. The highest BCUT2D eigenvalue weighted by atomic mass is 16.6. The summed E-state index contributed by atoms with van der Waals surface area (Å²) >= 11 is 0. The van der Waals surface area contributed by atoms with Gasteiger partial charge in [0.05, 0.1) is 18.5 Å². The van der Waals surface area contributed by atoms with E-state index < -0.39 is 0 Å². The molecule has 1 aliphatic heterocycles. The summed E-state index contributed by atoms with van der Waals surface area (Å²) in [5.74, 6) is 0. The Morgan fingerprint density at radius 2 is 2.05 bits per heavy atom. The largest absolute Gasteiger partial charge is 0.279 e. The Kier molecular flexibility index (Phi) is 3.77. The summed E-state index contributed by atoms with van der Waals surface area (Å²) in [4.78, 5) is 8.86. The van der Waals surface area contributed by atoms with Gasteiger partial charge in [-0.05, 0) is 24.6 Å². The second-order valence-corrected chi connectivity index (χ2v) is 4.07. The molecule has 5 nitrogen and oxygen atoms in total. The van der Waals surface area contributed by atoms with E-state index in [0.29, 0.717) is 11.4 Å². The average Bonchev–Trinajstić information content (AvgIpc) is 2.43. The SMILES string of the molecule is C=C(NOC)C1=NN(c2ccncc2)C=C(C)C1=C. The maximum Gasteiger partial charge on any atom is 0.116 e. The van der Waals surface area contributed by atoms with E-state index in [1.807, 2.05) is 25.3 Å². The van der Waals surface area contributed by atoms with Gasteiger partial charge in [-0.15, -0.1) is 0 Å². The minimum absolute atomic E-state index is 0.569. The zero-order chi connectivity index (χ0) is 13.8. The average molecular weight is 256 g/mol. The first-order valence-electron chi connectivity index (χ1n) is 5.77. The van der Waals surface area contributed by atoms with Crippen LogP contribution in [-0.2, 0) is 4.84 Å². The number of nitrogens with zero attached hydrogens (tertiary/aromatic N) is 3. The molecule has 0 atom stereocenters. The summed E-state index contributed by atoms with van der Waals surface area (Å²) in [6, 6.07) is 3.76. The Morgan fingerprint density at radius 1 is 1.37 bits per heavy atom. The molecule has 0 bridgehead atoms. The van der Waals surface area contributed by atoms with Crippen LogP contribution in [-0.4, -0.2) is 17.8 Å². The number of pyridine rings is 1. The smallest absolute Gasteiger partial charge is 0.116 e. The molecule has 0 amide bonds. The van der Waals surface area contributed by atoms with Crippen molar-refractivity contribution < 1.29 is 4.84 Å². The van der Waals surface area contributed by atoms with E-state index in [1.54, 1.807) is 17.4 Å². The highest BCUT2D eigenvalue weighted by Crippen LogP contribution is 2.24. The van der Waals surface area contributed by atoms with Gasteiger partial charge >= 0.3 is 0 Å². The van der Waals surface area contributed by atoms with E-state index in [0.717, 1.165) is 16.8 Å². The van der Waals surface area contributed by atoms with Crippen molar-refractivity contribution in [3.05, 3.63) is 60.7 Å². The van der Waals surface area contributed by atoms with Crippen LogP contribution in [0.1, 0.15) is 6.92 Å². The molecule has 1 aliphatic rings. The van der Waals surface area contributed by atoms with Crippen molar-refractivity contribution in [2.75, 3.05) is 12.1 Å². The van der Waals surface area contributed by atoms with Crippen molar-refractivity contribution in [1.82, 2.24) is 10.5 Å². The van der Waals surface area contributed by atoms with Crippen LogP contribution in [0.5, 0.6) is 0 Å². The fraction of sp³-hybridized carbons (Fsp3) is 0.143. The van der Waals surface area contributed by atoms with Crippen molar-refractivity contribution >= 4 is 11.4 Å². The molecule has 0 saturated heterocycles. The zero-order valence-electron chi connectivity index (χ0n) is 11.1. The maximum atomic E-state index is 4.86. The summed E-state index contributed by atoms with van der Waals surface area (Å²) in [6.07, 6.45) is 5.36. The highest BCUT2D eigenvalue weighted by molar-refractivity contribution is 6.14. The van der Waals surface area contributed by atoms with E-state index in [2.05, 4.69) is 28.7 Å². The number of hydrazone groups is 1. The molecule has 0 spiro atoms. The van der Waals surface area contributed by atoms with Gasteiger partial charge in [-0.3, -0.25) is 15.3 Å². The Bertz CT molecular complexity index is 560. The van der Waals surface area contributed by atoms with Gasteiger partial charge in [0, 0.05) is 24.2 Å². The summed E-state index contributed by atoms with van der Waals surface area (Å²) in [7, 11) is 1.53. The number of nitrogens with one attached hydrogen (secondary N) is 1. The minimum Gasteiger partial charge on any atom is -0.279 e. The lowest BCUT2D eigenvalue weighted by atomic mass is 10.0. The number of rotatable bonds is 4. The van der Waals surface area contributed by atoms with Crippen molar-refractivity contribution in [3.8, 4) is 0 Å². The monoisotopic (exact) mass is 256 g/mol. The Hall–Kier alpha value is -2.40. The lowest BCUT2D eigenvalue weighted by molar-refractivity contribution is 0.123. The summed E-state index contributed by atoms with van der Waals surface area (Å²) in [5.41, 5.74) is 6.67. The van der Waals surface area contributed by atoms with Crippen molar-refractivity contribution in [2.45, 2.75) is 6.92 Å². The van der Waals surface area contributed by atoms with Gasteiger partial charge in [-0.1, -0.05) is 13.2 Å². The van der Waals surface area contributed by atoms with Crippen LogP contribution < -0.4 is 10.5 Å². The highest BCUT2D eigenvalue weighted by Gasteiger charge is 2.18. The molecule has 0 saturated carbocycles. The molecule has 2 rings (SSSR count). The second-order valence-electron chi connectivity index (χ2n) is 4.07. The molecule has 1 N–H and O–H groups in total. The first-order valence-corrected chi connectivity index (χ1v) is 5.77. The van der Waals surface area contributed by atoms with Gasteiger partial charge < -0.3 is 0 Å². The van der Waals surface area contributed by atoms with Gasteiger partial charge in [0.1, 0.15) is 5.71 Å². The zero-order valence-corrected chi connectivity index (χ0v) is 11.1. The molecule has 98 valence electrons. The van der Waals surface area contributed by atoms with Crippen molar-refractivity contribution in [2.24, 2.45) is 5.10 Å². The first kappa shape index (κ1) is 13.0. The molecule has 19 heavy (non-hydrogen) atoms. The van der Waals surface area contributed by atoms with Crippen LogP contribution in [0.25, 0.3) is 0 Å². The van der Waals surface area contributed by atoms with Crippen molar-refractivity contribution in [1.29, 1.82) is 0 Å². The number of allylic oxidation sites excluding steroid dienone is 2. The number of hydrogen-bond donors (Lipinski definition) is 1. The predicted octanol–water partition coefficient (Wildman–Crippen LogP) is 2.38. The second kappa shape index (κ2) is 5.49. The van der Waals surface area contributed by atoms with Crippen LogP contribution in [0, 0.1) is 0 Å². The molecule has 0 aromatic carbocycles. The normalized spacial score (nSPS) is 14.8. The Labute approximate surface area is 112 Å². The molecule has 0 unspecified atom stereocenters. The van der Waals surface area contributed by atoms with Crippen LogP contribution in [0.2, 0.25) is 0 Å². The third kappa shape index (κ3) is 2.71. The number of aromatic nitrogens is 1. The summed E-state index contributed by atoms with van der Waals surface area (Å²) < 4.78 is 0. The van der Waals surface area contributed by atoms with E-state index in [4.69, 9.17) is 4.84 Å². The Morgan fingerprint density at radius 3 is 2.68 bits per heavy atom. The number of anilines is 1. The van der Waals surface area contributed by atoms with E-state index in [-0.39, 0.29) is 0 Å².